The normalized spacial score (nSPS) is 11.8. The van der Waals surface area contributed by atoms with Crippen molar-refractivity contribution in [3.8, 4) is 6.07 Å². The summed E-state index contributed by atoms with van der Waals surface area (Å²) >= 11 is 6.21. The second kappa shape index (κ2) is 12.8. The highest BCUT2D eigenvalue weighted by Gasteiger charge is 2.22. The number of benzene rings is 3. The number of carbonyl (C=O) groups is 1. The largest absolute Gasteiger partial charge is 0.460 e. The smallest absolute Gasteiger partial charge is 0.253 e. The van der Waals surface area contributed by atoms with E-state index >= 15 is 0 Å². The molecule has 1 unspecified atom stereocenters. The maximum Gasteiger partial charge on any atom is 0.253 e. The van der Waals surface area contributed by atoms with E-state index in [9.17, 15) is 14.9 Å². The Morgan fingerprint density at radius 1 is 1.13 bits per heavy atom. The molecule has 0 bridgehead atoms. The fraction of sp³-hybridized carbons (Fsp3) is 0.281. The van der Waals surface area contributed by atoms with Crippen molar-refractivity contribution < 1.29 is 9.21 Å². The molecule has 0 saturated heterocycles. The molecule has 1 aromatic heterocycles. The highest BCUT2D eigenvalue weighted by molar-refractivity contribution is 6.31. The molecule has 4 aromatic rings. The molecule has 0 radical (unpaired) electrons. The van der Waals surface area contributed by atoms with Crippen molar-refractivity contribution in [2.75, 3.05) is 19.6 Å². The zero-order valence-corrected chi connectivity index (χ0v) is 23.0. The fourth-order valence-corrected chi connectivity index (χ4v) is 4.91. The van der Waals surface area contributed by atoms with Gasteiger partial charge in [0.1, 0.15) is 11.3 Å². The summed E-state index contributed by atoms with van der Waals surface area (Å²) in [5.74, 6) is 0.503. The lowest BCUT2D eigenvalue weighted by molar-refractivity contribution is 0.0729. The molecule has 200 valence electrons. The van der Waals surface area contributed by atoms with E-state index in [0.29, 0.717) is 77.3 Å². The maximum absolute atomic E-state index is 13.6. The molecule has 0 aliphatic heterocycles. The summed E-state index contributed by atoms with van der Waals surface area (Å²) in [5.41, 5.74) is 9.73. The molecule has 1 atom stereocenters. The average Bonchev–Trinajstić information content (AvgIpc) is 2.93. The van der Waals surface area contributed by atoms with Gasteiger partial charge in [-0.25, -0.2) is 0 Å². The van der Waals surface area contributed by atoms with Gasteiger partial charge in [-0.05, 0) is 67.8 Å². The average molecular weight is 542 g/mol. The second-order valence-corrected chi connectivity index (χ2v) is 10.5. The van der Waals surface area contributed by atoms with Crippen LogP contribution < -0.4 is 11.2 Å². The van der Waals surface area contributed by atoms with Crippen LogP contribution in [0, 0.1) is 24.2 Å². The predicted octanol–water partition coefficient (Wildman–Crippen LogP) is 5.89. The standard InChI is InChI=1S/C32H32ClN3O3/c1-21-7-9-25(10-8-21)32(38)36(14-4-13-34)20-22(2)15-29-28(17-23-5-3-6-24(16-23)19-35)31(37)27-12-11-26(33)18-30(27)39-29/h3,5-12,16,18,22H,4,13-15,17,20,34H2,1-2H3. The molecule has 0 aliphatic carbocycles. The molecule has 0 aliphatic rings. The molecule has 6 nitrogen and oxygen atoms in total. The minimum absolute atomic E-state index is 0.0128. The van der Waals surface area contributed by atoms with Gasteiger partial charge in [-0.15, -0.1) is 0 Å². The highest BCUT2D eigenvalue weighted by atomic mass is 35.5. The van der Waals surface area contributed by atoms with Gasteiger partial charge < -0.3 is 15.1 Å². The van der Waals surface area contributed by atoms with Crippen LogP contribution >= 0.6 is 11.6 Å². The number of hydrogen-bond donors (Lipinski definition) is 1. The molecular formula is C32H32ClN3O3. The predicted molar refractivity (Wildman–Crippen MR) is 155 cm³/mol. The lowest BCUT2D eigenvalue weighted by Crippen LogP contribution is -2.37. The zero-order chi connectivity index (χ0) is 27.9. The maximum atomic E-state index is 13.6. The van der Waals surface area contributed by atoms with Crippen molar-refractivity contribution in [2.24, 2.45) is 11.7 Å². The van der Waals surface area contributed by atoms with Crippen LogP contribution in [-0.2, 0) is 12.8 Å². The van der Waals surface area contributed by atoms with Crippen LogP contribution in [0.1, 0.15) is 51.7 Å². The first-order valence-corrected chi connectivity index (χ1v) is 13.5. The number of fused-ring (bicyclic) bond motifs is 1. The Morgan fingerprint density at radius 3 is 2.62 bits per heavy atom. The second-order valence-electron chi connectivity index (χ2n) is 10.0. The monoisotopic (exact) mass is 541 g/mol. The van der Waals surface area contributed by atoms with Crippen molar-refractivity contribution in [3.05, 3.63) is 116 Å². The van der Waals surface area contributed by atoms with Gasteiger partial charge in [0.15, 0.2) is 5.43 Å². The fourth-order valence-electron chi connectivity index (χ4n) is 4.74. The number of nitrogens with zero attached hydrogens (tertiary/aromatic N) is 2. The van der Waals surface area contributed by atoms with Gasteiger partial charge in [-0.2, -0.15) is 5.26 Å². The van der Waals surface area contributed by atoms with Crippen LogP contribution in [0.5, 0.6) is 0 Å². The Kier molecular flexibility index (Phi) is 9.19. The van der Waals surface area contributed by atoms with E-state index in [1.54, 1.807) is 30.3 Å². The van der Waals surface area contributed by atoms with Crippen LogP contribution in [-0.4, -0.2) is 30.4 Å². The quantitative estimate of drug-likeness (QED) is 0.270. The summed E-state index contributed by atoms with van der Waals surface area (Å²) in [7, 11) is 0. The number of nitrogens with two attached hydrogens (primary N) is 1. The van der Waals surface area contributed by atoms with Crippen molar-refractivity contribution in [3.63, 3.8) is 0 Å². The van der Waals surface area contributed by atoms with Crippen molar-refractivity contribution >= 4 is 28.5 Å². The molecule has 1 amide bonds. The van der Waals surface area contributed by atoms with Crippen molar-refractivity contribution in [1.82, 2.24) is 4.90 Å². The van der Waals surface area contributed by atoms with Crippen LogP contribution in [0.15, 0.2) is 75.9 Å². The third-order valence-electron chi connectivity index (χ3n) is 6.75. The Hall–Kier alpha value is -3.92. The number of halogens is 1. The molecule has 2 N–H and O–H groups in total. The van der Waals surface area contributed by atoms with Crippen LogP contribution in [0.25, 0.3) is 11.0 Å². The van der Waals surface area contributed by atoms with Crippen LogP contribution in [0.2, 0.25) is 5.02 Å². The molecule has 3 aromatic carbocycles. The van der Waals surface area contributed by atoms with E-state index in [0.717, 1.165) is 11.1 Å². The Bertz CT molecular complexity index is 1570. The number of nitriles is 1. The third-order valence-corrected chi connectivity index (χ3v) is 6.99. The van der Waals surface area contributed by atoms with E-state index in [1.165, 1.54) is 0 Å². The summed E-state index contributed by atoms with van der Waals surface area (Å²) in [5, 5.41) is 10.3. The Balaban J connectivity index is 1.66. The van der Waals surface area contributed by atoms with Gasteiger partial charge in [0.2, 0.25) is 0 Å². The van der Waals surface area contributed by atoms with E-state index in [2.05, 4.69) is 6.07 Å². The van der Waals surface area contributed by atoms with Crippen molar-refractivity contribution in [1.29, 1.82) is 5.26 Å². The molecule has 39 heavy (non-hydrogen) atoms. The SMILES string of the molecule is Cc1ccc(C(=O)N(CCCN)CC(C)Cc2oc3cc(Cl)ccc3c(=O)c2Cc2cccc(C#N)c2)cc1. The molecule has 7 heteroatoms. The van der Waals surface area contributed by atoms with Crippen molar-refractivity contribution in [2.45, 2.75) is 33.1 Å². The number of hydrogen-bond acceptors (Lipinski definition) is 5. The molecular weight excluding hydrogens is 510 g/mol. The summed E-state index contributed by atoms with van der Waals surface area (Å²) in [6.45, 7) is 5.53. The number of amides is 1. The van der Waals surface area contributed by atoms with Gasteiger partial charge in [-0.1, -0.05) is 48.4 Å². The first-order chi connectivity index (χ1) is 18.8. The molecule has 0 saturated carbocycles. The summed E-state index contributed by atoms with van der Waals surface area (Å²) in [6.07, 6.45) is 1.47. The molecule has 4 rings (SSSR count). The van der Waals surface area contributed by atoms with Gasteiger partial charge in [0.05, 0.1) is 17.0 Å². The summed E-state index contributed by atoms with van der Waals surface area (Å²) < 4.78 is 6.30. The summed E-state index contributed by atoms with van der Waals surface area (Å²) in [6, 6.07) is 21.9. The molecule has 0 fully saturated rings. The summed E-state index contributed by atoms with van der Waals surface area (Å²) in [4.78, 5) is 28.8. The minimum atomic E-state index is -0.117. The Labute approximate surface area is 233 Å². The topological polar surface area (TPSA) is 100 Å². The van der Waals surface area contributed by atoms with E-state index < -0.39 is 0 Å². The van der Waals surface area contributed by atoms with Crippen LogP contribution in [0.4, 0.5) is 0 Å². The molecule has 1 heterocycles. The first kappa shape index (κ1) is 28.1. The van der Waals surface area contributed by atoms with Gasteiger partial charge in [0.25, 0.3) is 5.91 Å². The van der Waals surface area contributed by atoms with E-state index in [1.807, 2.05) is 55.1 Å². The van der Waals surface area contributed by atoms with E-state index in [4.69, 9.17) is 21.8 Å². The highest BCUT2D eigenvalue weighted by Crippen LogP contribution is 2.24. The van der Waals surface area contributed by atoms with Gasteiger partial charge in [-0.3, -0.25) is 9.59 Å². The third kappa shape index (κ3) is 6.94. The zero-order valence-electron chi connectivity index (χ0n) is 22.2. The number of carbonyl (C=O) groups excluding carboxylic acids is 1. The van der Waals surface area contributed by atoms with Crippen LogP contribution in [0.3, 0.4) is 0 Å². The lowest BCUT2D eigenvalue weighted by atomic mass is 9.95. The minimum Gasteiger partial charge on any atom is -0.460 e. The van der Waals surface area contributed by atoms with Gasteiger partial charge >= 0.3 is 0 Å². The van der Waals surface area contributed by atoms with E-state index in [-0.39, 0.29) is 17.3 Å². The number of rotatable bonds is 10. The van der Waals surface area contributed by atoms with Gasteiger partial charge in [0, 0.05) is 48.1 Å². The lowest BCUT2D eigenvalue weighted by Gasteiger charge is -2.26. The number of aryl methyl sites for hydroxylation is 1. The Morgan fingerprint density at radius 2 is 1.90 bits per heavy atom. The molecule has 0 spiro atoms. The first-order valence-electron chi connectivity index (χ1n) is 13.1.